The van der Waals surface area contributed by atoms with Crippen LogP contribution in [0.25, 0.3) is 0 Å². The lowest BCUT2D eigenvalue weighted by Gasteiger charge is -2.66. The van der Waals surface area contributed by atoms with E-state index in [2.05, 4.69) is 6.92 Å². The van der Waals surface area contributed by atoms with Gasteiger partial charge >= 0.3 is 5.97 Å². The third-order valence-electron chi connectivity index (χ3n) is 13.8. The normalized spacial score (nSPS) is 54.7. The van der Waals surface area contributed by atoms with Crippen molar-refractivity contribution in [3.05, 3.63) is 11.6 Å². The van der Waals surface area contributed by atoms with Crippen molar-refractivity contribution in [1.29, 1.82) is 0 Å². The summed E-state index contributed by atoms with van der Waals surface area (Å²) in [6.45, 7) is 3.74. The van der Waals surface area contributed by atoms with Crippen molar-refractivity contribution in [2.24, 2.45) is 28.6 Å². The Morgan fingerprint density at radius 2 is 1.70 bits per heavy atom. The highest BCUT2D eigenvalue weighted by atomic mass is 16.7. The Morgan fingerprint density at radius 1 is 0.936 bits per heavy atom. The molecule has 7 aliphatic rings. The Kier molecular flexibility index (Phi) is 8.90. The fourth-order valence-corrected chi connectivity index (χ4v) is 11.2. The molecule has 0 aromatic heterocycles. The number of aliphatic hydroxyl groups excluding tert-OH is 5. The van der Waals surface area contributed by atoms with E-state index in [1.54, 1.807) is 13.0 Å². The van der Waals surface area contributed by atoms with Crippen molar-refractivity contribution < 1.29 is 64.2 Å². The van der Waals surface area contributed by atoms with Gasteiger partial charge in [-0.05, 0) is 81.6 Å². The van der Waals surface area contributed by atoms with E-state index in [4.69, 9.17) is 23.7 Å². The second-order valence-corrected chi connectivity index (χ2v) is 15.8. The summed E-state index contributed by atoms with van der Waals surface area (Å²) in [4.78, 5) is 11.9. The molecule has 0 spiro atoms. The molecule has 3 heterocycles. The van der Waals surface area contributed by atoms with Crippen LogP contribution in [0.4, 0.5) is 0 Å². The van der Waals surface area contributed by atoms with Crippen LogP contribution in [-0.2, 0) is 28.5 Å². The maximum absolute atomic E-state index is 12.5. The molecule has 0 aromatic rings. The summed E-state index contributed by atoms with van der Waals surface area (Å²) in [6.07, 6.45) is -2.10. The number of hydrogen-bond acceptors (Lipinski definition) is 13. The first-order chi connectivity index (χ1) is 22.2. The van der Waals surface area contributed by atoms with Crippen molar-refractivity contribution in [2.45, 2.75) is 145 Å². The minimum absolute atomic E-state index is 0.0629. The molecule has 13 heteroatoms. The molecule has 13 nitrogen and oxygen atoms in total. The number of hydrogen-bond donors (Lipinski definition) is 7. The van der Waals surface area contributed by atoms with Gasteiger partial charge in [-0.15, -0.1) is 0 Å². The summed E-state index contributed by atoms with van der Waals surface area (Å²) >= 11 is 0. The predicted octanol–water partition coefficient (Wildman–Crippen LogP) is 0.0359. The molecule has 47 heavy (non-hydrogen) atoms. The van der Waals surface area contributed by atoms with Crippen molar-refractivity contribution in [3.63, 3.8) is 0 Å². The zero-order valence-corrected chi connectivity index (χ0v) is 27.3. The average molecular weight is 669 g/mol. The molecule has 2 saturated heterocycles. The highest BCUT2D eigenvalue weighted by Gasteiger charge is 2.71. The molecule has 16 atom stereocenters. The molecule has 6 fully saturated rings. The minimum Gasteiger partial charge on any atom is -0.458 e. The Balaban J connectivity index is 1.01. The lowest BCUT2D eigenvalue weighted by atomic mass is 9.41. The summed E-state index contributed by atoms with van der Waals surface area (Å²) in [6, 6.07) is 0. The van der Waals surface area contributed by atoms with Crippen molar-refractivity contribution in [3.8, 4) is 0 Å². The molecular weight excluding hydrogens is 616 g/mol. The monoisotopic (exact) mass is 668 g/mol. The van der Waals surface area contributed by atoms with Gasteiger partial charge in [0.05, 0.1) is 42.7 Å². The maximum atomic E-state index is 12.5. The number of cyclic esters (lactones) is 1. The van der Waals surface area contributed by atoms with Crippen molar-refractivity contribution in [2.75, 3.05) is 19.8 Å². The number of fused-ring (bicyclic) bond motifs is 5. The van der Waals surface area contributed by atoms with Gasteiger partial charge in [0.2, 0.25) is 0 Å². The smallest absolute Gasteiger partial charge is 0.331 e. The third kappa shape index (κ3) is 5.26. The van der Waals surface area contributed by atoms with Crippen molar-refractivity contribution >= 4 is 5.97 Å². The molecule has 4 aliphatic carbocycles. The Labute approximate surface area is 274 Å². The number of carbonyl (C=O) groups is 1. The van der Waals surface area contributed by atoms with Gasteiger partial charge in [-0.3, -0.25) is 0 Å². The summed E-state index contributed by atoms with van der Waals surface area (Å²) < 4.78 is 28.8. The Bertz CT molecular complexity index is 1220. The number of aliphatic hydroxyl groups is 7. The summed E-state index contributed by atoms with van der Waals surface area (Å²) in [5, 5.41) is 76.8. The SMILES string of the molecule is C[C@H]1O[C@@H](O[C@H]2CC[C@]3(CO)[C@H]4CC[C@]5(C)[C@@H](C6=CC(=O)OC6)CC[C@]5(O)[C@@H]4CCC3(O)C2)C[C@H](O)[C@@H]1O[C@@H]1OC[C@@H](O)[C@H](O)[C@H]1O. The number of esters is 1. The molecule has 266 valence electrons. The van der Waals surface area contributed by atoms with E-state index in [-0.39, 0.29) is 56.1 Å². The average Bonchev–Trinajstić information content (AvgIpc) is 3.57. The second-order valence-electron chi connectivity index (χ2n) is 15.8. The molecule has 0 aromatic carbocycles. The fourth-order valence-electron chi connectivity index (χ4n) is 11.2. The van der Waals surface area contributed by atoms with Gasteiger partial charge in [-0.1, -0.05) is 6.92 Å². The fraction of sp³-hybridized carbons (Fsp3) is 0.912. The van der Waals surface area contributed by atoms with E-state index < -0.39 is 71.2 Å². The van der Waals surface area contributed by atoms with Crippen LogP contribution in [0.5, 0.6) is 0 Å². The molecule has 1 unspecified atom stereocenters. The Morgan fingerprint density at radius 3 is 2.40 bits per heavy atom. The molecule has 0 radical (unpaired) electrons. The minimum atomic E-state index is -1.49. The van der Waals surface area contributed by atoms with Gasteiger partial charge in [0.1, 0.15) is 31.0 Å². The van der Waals surface area contributed by atoms with Crippen LogP contribution in [0.15, 0.2) is 11.6 Å². The van der Waals surface area contributed by atoms with Crippen LogP contribution in [0, 0.1) is 28.6 Å². The molecule has 4 saturated carbocycles. The zero-order chi connectivity index (χ0) is 33.5. The van der Waals surface area contributed by atoms with Gasteiger partial charge in [-0.2, -0.15) is 0 Å². The Hall–Kier alpha value is -1.23. The van der Waals surface area contributed by atoms with Crippen LogP contribution >= 0.6 is 0 Å². The molecule has 3 aliphatic heterocycles. The highest BCUT2D eigenvalue weighted by molar-refractivity contribution is 5.85. The number of ether oxygens (including phenoxy) is 5. The van der Waals surface area contributed by atoms with Crippen LogP contribution in [0.2, 0.25) is 0 Å². The summed E-state index contributed by atoms with van der Waals surface area (Å²) in [5.41, 5.74) is -2.41. The molecule has 0 amide bonds. The van der Waals surface area contributed by atoms with Crippen LogP contribution in [0.1, 0.15) is 78.1 Å². The van der Waals surface area contributed by atoms with E-state index >= 15 is 0 Å². The van der Waals surface area contributed by atoms with Crippen LogP contribution < -0.4 is 0 Å². The van der Waals surface area contributed by atoms with E-state index in [1.807, 2.05) is 0 Å². The number of rotatable bonds is 6. The number of carbonyl (C=O) groups excluding carboxylic acids is 1. The van der Waals surface area contributed by atoms with E-state index in [0.29, 0.717) is 38.5 Å². The summed E-state index contributed by atoms with van der Waals surface area (Å²) in [7, 11) is 0. The molecule has 0 bridgehead atoms. The van der Waals surface area contributed by atoms with E-state index in [0.717, 1.165) is 24.8 Å². The van der Waals surface area contributed by atoms with Crippen LogP contribution in [-0.4, -0.2) is 128 Å². The van der Waals surface area contributed by atoms with Gasteiger partial charge < -0.3 is 59.4 Å². The van der Waals surface area contributed by atoms with Gasteiger partial charge in [0, 0.05) is 29.7 Å². The topological polar surface area (TPSA) is 205 Å². The quantitative estimate of drug-likeness (QED) is 0.148. The van der Waals surface area contributed by atoms with E-state index in [1.165, 1.54) is 0 Å². The highest BCUT2D eigenvalue weighted by Crippen LogP contribution is 2.70. The van der Waals surface area contributed by atoms with E-state index in [9.17, 15) is 40.5 Å². The van der Waals surface area contributed by atoms with Gasteiger partial charge in [0.25, 0.3) is 0 Å². The van der Waals surface area contributed by atoms with Crippen molar-refractivity contribution in [1.82, 2.24) is 0 Å². The first-order valence-electron chi connectivity index (χ1n) is 17.5. The van der Waals surface area contributed by atoms with Gasteiger partial charge in [-0.25, -0.2) is 4.79 Å². The lowest BCUT2D eigenvalue weighted by molar-refractivity contribution is -0.332. The lowest BCUT2D eigenvalue weighted by Crippen LogP contribution is -2.69. The van der Waals surface area contributed by atoms with Gasteiger partial charge in [0.15, 0.2) is 12.6 Å². The predicted molar refractivity (Wildman–Crippen MR) is 161 cm³/mol. The summed E-state index contributed by atoms with van der Waals surface area (Å²) in [5.74, 6) is -0.406. The largest absolute Gasteiger partial charge is 0.458 e. The third-order valence-corrected chi connectivity index (χ3v) is 13.8. The standard InChI is InChI=1S/C34H52O13/c1-17-29(47-30-28(40)27(39)24(37)15-44-30)23(36)12-26(45-17)46-19-3-8-32(16-35)21-4-7-31(2)20(18-11-25(38)43-14-18)6-10-34(31,42)22(21)5-9-33(32,41)13-19/h11,17,19-24,26-30,35-37,39-42H,3-10,12-16H2,1-2H3/t17-,19+,20-,21+,22-,23+,24-,26+,27+,28-,29-,30+,31-,32+,33?,34+/m1/s1. The maximum Gasteiger partial charge on any atom is 0.331 e. The molecule has 7 rings (SSSR count). The van der Waals surface area contributed by atoms with Crippen LogP contribution in [0.3, 0.4) is 0 Å². The zero-order valence-electron chi connectivity index (χ0n) is 27.3. The molecule has 7 N–H and O–H groups in total. The first kappa shape index (κ1) is 34.2. The molecular formula is C34H52O13. The second kappa shape index (κ2) is 12.2. The first-order valence-corrected chi connectivity index (χ1v) is 17.5.